The van der Waals surface area contributed by atoms with Gasteiger partial charge in [-0.25, -0.2) is 18.4 Å². The zero-order valence-electron chi connectivity index (χ0n) is 18.2. The lowest BCUT2D eigenvalue weighted by Gasteiger charge is -2.16. The average molecular weight is 490 g/mol. The van der Waals surface area contributed by atoms with Crippen molar-refractivity contribution in [3.05, 3.63) is 59.9 Å². The Hall–Kier alpha value is -3.22. The number of benzene rings is 2. The number of aromatic nitrogens is 3. The van der Waals surface area contributed by atoms with Crippen molar-refractivity contribution in [1.29, 1.82) is 0 Å². The molecule has 0 aliphatic rings. The van der Waals surface area contributed by atoms with Gasteiger partial charge in [-0.3, -0.25) is 9.36 Å². The van der Waals surface area contributed by atoms with Gasteiger partial charge >= 0.3 is 5.97 Å². The number of aryl methyl sites for hydroxylation is 1. The highest BCUT2D eigenvalue weighted by Gasteiger charge is 2.22. The number of hydrogen-bond donors (Lipinski definition) is 2. The van der Waals surface area contributed by atoms with Crippen LogP contribution < -0.4 is 10.5 Å². The molecule has 1 aromatic heterocycles. The molecule has 3 N–H and O–H groups in total. The van der Waals surface area contributed by atoms with E-state index >= 15 is 0 Å². The molecule has 0 spiro atoms. The largest absolute Gasteiger partial charge is 0.449 e. The number of ether oxygens (including phenoxy) is 1. The van der Waals surface area contributed by atoms with Gasteiger partial charge in [0.2, 0.25) is 10.0 Å². The lowest BCUT2D eigenvalue weighted by Crippen LogP contribution is -2.32. The van der Waals surface area contributed by atoms with Crippen molar-refractivity contribution >= 4 is 39.3 Å². The summed E-state index contributed by atoms with van der Waals surface area (Å²) in [4.78, 5) is 25.1. The Kier molecular flexibility index (Phi) is 7.51. The maximum absolute atomic E-state index is 12.6. The smallest absolute Gasteiger partial charge is 0.338 e. The molecule has 12 heteroatoms. The van der Waals surface area contributed by atoms with Crippen LogP contribution in [-0.2, 0) is 19.6 Å². The zero-order chi connectivity index (χ0) is 24.2. The number of thioether (sulfide) groups is 1. The Morgan fingerprint density at radius 2 is 1.76 bits per heavy atom. The zero-order valence-corrected chi connectivity index (χ0v) is 19.8. The van der Waals surface area contributed by atoms with E-state index in [0.29, 0.717) is 11.3 Å². The van der Waals surface area contributed by atoms with Crippen molar-refractivity contribution in [3.8, 4) is 5.69 Å². The monoisotopic (exact) mass is 489 g/mol. The summed E-state index contributed by atoms with van der Waals surface area (Å²) in [6.07, 6.45) is 1.12. The maximum atomic E-state index is 12.6. The van der Waals surface area contributed by atoms with Crippen LogP contribution in [0.1, 0.15) is 29.5 Å². The Bertz CT molecular complexity index is 1260. The standard InChI is InChI=1S/C21H23N5O5S2/c1-4-18(19(27)23-15-7-11-17(12-8-15)33(22,29)30)31-20(28)14-5-9-16(10-6-14)26-13(2)24-25-21(26)32-3/h5-12,18H,4H2,1-3H3,(H,23,27)(H2,22,29,30). The molecule has 0 fully saturated rings. The molecule has 3 aromatic rings. The highest BCUT2D eigenvalue weighted by Crippen LogP contribution is 2.21. The summed E-state index contributed by atoms with van der Waals surface area (Å²) < 4.78 is 29.9. The van der Waals surface area contributed by atoms with E-state index < -0.39 is 28.0 Å². The molecule has 3 rings (SSSR count). The van der Waals surface area contributed by atoms with Gasteiger partial charge in [-0.2, -0.15) is 0 Å². The molecule has 0 radical (unpaired) electrons. The van der Waals surface area contributed by atoms with Crippen molar-refractivity contribution < 1.29 is 22.7 Å². The maximum Gasteiger partial charge on any atom is 0.338 e. The van der Waals surface area contributed by atoms with Gasteiger partial charge in [0.05, 0.1) is 10.5 Å². The number of hydrogen-bond acceptors (Lipinski definition) is 8. The second-order valence-electron chi connectivity index (χ2n) is 6.98. The molecule has 0 aliphatic heterocycles. The summed E-state index contributed by atoms with van der Waals surface area (Å²) in [6, 6.07) is 12.1. The van der Waals surface area contributed by atoms with Gasteiger partial charge in [-0.1, -0.05) is 18.7 Å². The van der Waals surface area contributed by atoms with E-state index in [4.69, 9.17) is 9.88 Å². The first-order valence-corrected chi connectivity index (χ1v) is 12.6. The van der Waals surface area contributed by atoms with Crippen LogP contribution in [0.5, 0.6) is 0 Å². The minimum atomic E-state index is -3.83. The quantitative estimate of drug-likeness (QED) is 0.362. The van der Waals surface area contributed by atoms with Crippen LogP contribution in [-0.4, -0.2) is 47.4 Å². The average Bonchev–Trinajstić information content (AvgIpc) is 3.17. The molecule has 1 heterocycles. The van der Waals surface area contributed by atoms with Gasteiger partial charge in [0.15, 0.2) is 11.3 Å². The van der Waals surface area contributed by atoms with Gasteiger partial charge in [-0.15, -0.1) is 10.2 Å². The SMILES string of the molecule is CCC(OC(=O)c1ccc(-n2c(C)nnc2SC)cc1)C(=O)Nc1ccc(S(N)(=O)=O)cc1. The van der Waals surface area contributed by atoms with Gasteiger partial charge in [0, 0.05) is 11.4 Å². The molecule has 0 aliphatic carbocycles. The number of rotatable bonds is 8. The van der Waals surface area contributed by atoms with Crippen LogP contribution in [0.3, 0.4) is 0 Å². The highest BCUT2D eigenvalue weighted by atomic mass is 32.2. The van der Waals surface area contributed by atoms with Crippen LogP contribution in [0.4, 0.5) is 5.69 Å². The third kappa shape index (κ3) is 5.78. The number of nitrogens with zero attached hydrogens (tertiary/aromatic N) is 3. The third-order valence-electron chi connectivity index (χ3n) is 4.70. The minimum Gasteiger partial charge on any atom is -0.449 e. The number of carbonyl (C=O) groups excluding carboxylic acids is 2. The van der Waals surface area contributed by atoms with Crippen molar-refractivity contribution in [2.45, 2.75) is 36.4 Å². The van der Waals surface area contributed by atoms with E-state index in [9.17, 15) is 18.0 Å². The van der Waals surface area contributed by atoms with Crippen LogP contribution in [0.15, 0.2) is 58.6 Å². The molecule has 0 saturated carbocycles. The lowest BCUT2D eigenvalue weighted by atomic mass is 10.2. The van der Waals surface area contributed by atoms with E-state index in [1.54, 1.807) is 31.2 Å². The second-order valence-corrected chi connectivity index (χ2v) is 9.31. The van der Waals surface area contributed by atoms with Crippen LogP contribution in [0.25, 0.3) is 5.69 Å². The number of primary sulfonamides is 1. The number of esters is 1. The first-order chi connectivity index (χ1) is 15.6. The Morgan fingerprint density at radius 1 is 1.12 bits per heavy atom. The Morgan fingerprint density at radius 3 is 2.30 bits per heavy atom. The van der Waals surface area contributed by atoms with Gasteiger partial charge in [-0.05, 0) is 68.1 Å². The normalized spacial score (nSPS) is 12.2. The van der Waals surface area contributed by atoms with Gasteiger partial charge in [0.25, 0.3) is 5.91 Å². The molecule has 10 nitrogen and oxygen atoms in total. The summed E-state index contributed by atoms with van der Waals surface area (Å²) in [7, 11) is -3.83. The summed E-state index contributed by atoms with van der Waals surface area (Å²) >= 11 is 1.46. The number of amides is 1. The molecular formula is C21H23N5O5S2. The summed E-state index contributed by atoms with van der Waals surface area (Å²) in [5, 5.41) is 16.5. The van der Waals surface area contributed by atoms with Crippen molar-refractivity contribution in [1.82, 2.24) is 14.8 Å². The molecular weight excluding hydrogens is 466 g/mol. The first kappa shape index (κ1) is 24.4. The molecule has 1 unspecified atom stereocenters. The van der Waals surface area contributed by atoms with E-state index in [2.05, 4.69) is 15.5 Å². The van der Waals surface area contributed by atoms with Crippen LogP contribution in [0, 0.1) is 6.92 Å². The number of sulfonamides is 1. The van der Waals surface area contributed by atoms with E-state index in [1.165, 1.54) is 36.0 Å². The van der Waals surface area contributed by atoms with Crippen molar-refractivity contribution in [2.24, 2.45) is 5.14 Å². The van der Waals surface area contributed by atoms with E-state index in [-0.39, 0.29) is 11.3 Å². The number of nitrogens with two attached hydrogens (primary N) is 1. The van der Waals surface area contributed by atoms with Crippen LogP contribution >= 0.6 is 11.8 Å². The molecule has 2 aromatic carbocycles. The number of anilines is 1. The molecule has 174 valence electrons. The first-order valence-electron chi connectivity index (χ1n) is 9.85. The fourth-order valence-corrected chi connectivity index (χ4v) is 4.05. The third-order valence-corrected chi connectivity index (χ3v) is 6.26. The minimum absolute atomic E-state index is 0.0752. The number of carbonyl (C=O) groups is 2. The predicted octanol–water partition coefficient (Wildman–Crippen LogP) is 2.52. The van der Waals surface area contributed by atoms with Crippen molar-refractivity contribution in [2.75, 3.05) is 11.6 Å². The Labute approximate surface area is 195 Å². The molecule has 1 amide bonds. The van der Waals surface area contributed by atoms with E-state index in [0.717, 1.165) is 16.7 Å². The number of nitrogens with one attached hydrogen (secondary N) is 1. The molecule has 0 saturated heterocycles. The van der Waals surface area contributed by atoms with Crippen molar-refractivity contribution in [3.63, 3.8) is 0 Å². The Balaban J connectivity index is 1.67. The van der Waals surface area contributed by atoms with E-state index in [1.807, 2.05) is 17.7 Å². The highest BCUT2D eigenvalue weighted by molar-refractivity contribution is 7.98. The predicted molar refractivity (Wildman–Crippen MR) is 124 cm³/mol. The molecule has 33 heavy (non-hydrogen) atoms. The fraction of sp³-hybridized carbons (Fsp3) is 0.238. The van der Waals surface area contributed by atoms with Gasteiger partial charge < -0.3 is 10.1 Å². The topological polar surface area (TPSA) is 146 Å². The molecule has 0 bridgehead atoms. The van der Waals surface area contributed by atoms with Gasteiger partial charge in [0.1, 0.15) is 5.82 Å². The fourth-order valence-electron chi connectivity index (χ4n) is 2.99. The summed E-state index contributed by atoms with van der Waals surface area (Å²) in [5.74, 6) is -0.455. The second kappa shape index (κ2) is 10.1. The summed E-state index contributed by atoms with van der Waals surface area (Å²) in [6.45, 7) is 3.55. The van der Waals surface area contributed by atoms with Crippen LogP contribution in [0.2, 0.25) is 0 Å². The molecule has 1 atom stereocenters. The summed E-state index contributed by atoms with van der Waals surface area (Å²) in [5.41, 5.74) is 1.44. The lowest BCUT2D eigenvalue weighted by molar-refractivity contribution is -0.124.